The van der Waals surface area contributed by atoms with E-state index in [1.165, 1.54) is 0 Å². The fraction of sp³-hybridized carbons (Fsp3) is 0.238. The minimum Gasteiger partial charge on any atom is -0.355 e. The van der Waals surface area contributed by atoms with Gasteiger partial charge >= 0.3 is 0 Å². The van der Waals surface area contributed by atoms with Crippen LogP contribution in [-0.2, 0) is 15.1 Å². The van der Waals surface area contributed by atoms with Gasteiger partial charge in [-0.25, -0.2) is 0 Å². The summed E-state index contributed by atoms with van der Waals surface area (Å²) in [7, 11) is 0. The van der Waals surface area contributed by atoms with Gasteiger partial charge in [0.05, 0.1) is 0 Å². The summed E-state index contributed by atoms with van der Waals surface area (Å²) in [6.07, 6.45) is 0. The maximum Gasteiger partial charge on any atom is 0.250 e. The van der Waals surface area contributed by atoms with Crippen molar-refractivity contribution in [3.05, 3.63) is 64.0 Å². The third-order valence-corrected chi connectivity index (χ3v) is 5.93. The summed E-state index contributed by atoms with van der Waals surface area (Å²) in [4.78, 5) is 16.4. The monoisotopic (exact) mass is 377 g/mol. The molecule has 0 saturated carbocycles. The van der Waals surface area contributed by atoms with Gasteiger partial charge in [-0.2, -0.15) is 5.26 Å². The lowest BCUT2D eigenvalue weighted by Crippen LogP contribution is -2.36. The number of carbonyl (C=O) groups excluding carboxylic acids is 1. The molecule has 1 aliphatic rings. The van der Waals surface area contributed by atoms with Crippen LogP contribution in [-0.4, -0.2) is 17.5 Å². The summed E-state index contributed by atoms with van der Waals surface area (Å²) in [5.41, 5.74) is 3.28. The lowest BCUT2D eigenvalue weighted by molar-refractivity contribution is -0.127. The molecule has 3 aromatic rings. The van der Waals surface area contributed by atoms with E-state index in [1.807, 2.05) is 35.7 Å². The fourth-order valence-corrected chi connectivity index (χ4v) is 4.70. The van der Waals surface area contributed by atoms with Crippen molar-refractivity contribution in [3.8, 4) is 17.3 Å². The Morgan fingerprint density at radius 2 is 2.11 bits per heavy atom. The number of hydrogen-bond acceptors (Lipinski definition) is 4. The molecule has 0 saturated heterocycles. The zero-order valence-electron chi connectivity index (χ0n) is 15.1. The van der Waals surface area contributed by atoms with Gasteiger partial charge in [-0.15, -0.1) is 11.3 Å². The number of amides is 1. The number of thiophene rings is 1. The van der Waals surface area contributed by atoms with Crippen molar-refractivity contribution in [2.45, 2.75) is 19.4 Å². The van der Waals surface area contributed by atoms with Crippen LogP contribution in [0.5, 0.6) is 0 Å². The van der Waals surface area contributed by atoms with Gasteiger partial charge < -0.3 is 15.0 Å². The molecule has 2 N–H and O–H groups in total. The number of ether oxygens (including phenoxy) is 1. The van der Waals surface area contributed by atoms with E-state index in [4.69, 9.17) is 10.00 Å². The van der Waals surface area contributed by atoms with Crippen LogP contribution >= 0.6 is 11.3 Å². The Morgan fingerprint density at radius 1 is 1.26 bits per heavy atom. The molecule has 0 radical (unpaired) electrons. The highest BCUT2D eigenvalue weighted by Crippen LogP contribution is 2.47. The quantitative estimate of drug-likeness (QED) is 0.706. The lowest BCUT2D eigenvalue weighted by atomic mass is 9.80. The number of nitrogens with zero attached hydrogens (tertiary/aromatic N) is 1. The van der Waals surface area contributed by atoms with Crippen LogP contribution in [0.4, 0.5) is 5.69 Å². The highest BCUT2D eigenvalue weighted by atomic mass is 32.1. The Labute approximate surface area is 161 Å². The third-order valence-electron chi connectivity index (χ3n) is 4.94. The van der Waals surface area contributed by atoms with Crippen LogP contribution in [0.2, 0.25) is 0 Å². The highest BCUT2D eigenvalue weighted by molar-refractivity contribution is 7.10. The van der Waals surface area contributed by atoms with E-state index in [9.17, 15) is 4.79 Å². The molecule has 2 aromatic heterocycles. The van der Waals surface area contributed by atoms with Crippen molar-refractivity contribution >= 4 is 22.9 Å². The van der Waals surface area contributed by atoms with E-state index in [1.54, 1.807) is 17.4 Å². The predicted octanol–water partition coefficient (Wildman–Crippen LogP) is 4.48. The molecule has 1 atom stereocenters. The number of fused-ring (bicyclic) bond motifs is 1. The second kappa shape index (κ2) is 6.69. The van der Waals surface area contributed by atoms with Crippen molar-refractivity contribution in [2.24, 2.45) is 5.92 Å². The van der Waals surface area contributed by atoms with Gasteiger partial charge in [0, 0.05) is 21.8 Å². The van der Waals surface area contributed by atoms with E-state index in [0.29, 0.717) is 5.69 Å². The maximum atomic E-state index is 12.2. The molecule has 1 aliphatic heterocycles. The molecule has 6 heteroatoms. The maximum absolute atomic E-state index is 12.2. The molecule has 136 valence electrons. The Hall–Kier alpha value is -2.88. The van der Waals surface area contributed by atoms with Crippen LogP contribution < -0.4 is 5.32 Å². The number of aromatic amines is 1. The molecule has 4 rings (SSSR count). The average molecular weight is 377 g/mol. The second-order valence-electron chi connectivity index (χ2n) is 6.86. The van der Waals surface area contributed by atoms with Gasteiger partial charge in [-0.3, -0.25) is 4.79 Å². The Morgan fingerprint density at radius 3 is 2.78 bits per heavy atom. The molecule has 5 nitrogen and oxygen atoms in total. The van der Waals surface area contributed by atoms with Gasteiger partial charge in [-0.1, -0.05) is 26.0 Å². The molecule has 0 fully saturated rings. The molecule has 1 unspecified atom stereocenters. The number of H-pyrrole nitrogens is 1. The van der Waals surface area contributed by atoms with E-state index in [2.05, 4.69) is 36.3 Å². The molecule has 0 spiro atoms. The topological polar surface area (TPSA) is 77.9 Å². The summed E-state index contributed by atoms with van der Waals surface area (Å²) < 4.78 is 6.29. The number of nitrogens with one attached hydrogen (secondary N) is 2. The van der Waals surface area contributed by atoms with Crippen LogP contribution in [0.25, 0.3) is 11.3 Å². The minimum atomic E-state index is -0.719. The SMILES string of the molecule is CC(C)C1(c2cccs2)OCC(=O)Nc2ccc(-c3ccc(C#N)[nH]3)cc21. The highest BCUT2D eigenvalue weighted by Gasteiger charge is 2.44. The van der Waals surface area contributed by atoms with Crippen LogP contribution in [0.1, 0.15) is 30.0 Å². The van der Waals surface area contributed by atoms with E-state index in [-0.39, 0.29) is 18.4 Å². The van der Waals surface area contributed by atoms with Gasteiger partial charge in [0.1, 0.15) is 24.0 Å². The predicted molar refractivity (Wildman–Crippen MR) is 105 cm³/mol. The van der Waals surface area contributed by atoms with Gasteiger partial charge in [0.25, 0.3) is 0 Å². The third kappa shape index (κ3) is 2.85. The number of carbonyl (C=O) groups is 1. The Bertz CT molecular complexity index is 1030. The smallest absolute Gasteiger partial charge is 0.250 e. The largest absolute Gasteiger partial charge is 0.355 e. The van der Waals surface area contributed by atoms with Gasteiger partial charge in [0.15, 0.2) is 0 Å². The number of hydrogen-bond donors (Lipinski definition) is 2. The second-order valence-corrected chi connectivity index (χ2v) is 7.81. The first kappa shape index (κ1) is 17.5. The first-order chi connectivity index (χ1) is 13.0. The number of benzene rings is 1. The zero-order chi connectivity index (χ0) is 19.0. The first-order valence-corrected chi connectivity index (χ1v) is 9.64. The molecular weight excluding hydrogens is 358 g/mol. The number of anilines is 1. The van der Waals surface area contributed by atoms with Crippen LogP contribution in [0.15, 0.2) is 47.8 Å². The van der Waals surface area contributed by atoms with E-state index in [0.717, 1.165) is 27.4 Å². The van der Waals surface area contributed by atoms with Gasteiger partial charge in [0.2, 0.25) is 5.91 Å². The molecule has 0 bridgehead atoms. The van der Waals surface area contributed by atoms with Crippen molar-refractivity contribution < 1.29 is 9.53 Å². The zero-order valence-corrected chi connectivity index (χ0v) is 15.9. The summed E-state index contributed by atoms with van der Waals surface area (Å²) in [6.45, 7) is 4.21. The van der Waals surface area contributed by atoms with Crippen molar-refractivity contribution in [2.75, 3.05) is 11.9 Å². The van der Waals surface area contributed by atoms with Crippen molar-refractivity contribution in [1.29, 1.82) is 5.26 Å². The summed E-state index contributed by atoms with van der Waals surface area (Å²) in [6, 6.07) is 15.7. The minimum absolute atomic E-state index is 0.00117. The van der Waals surface area contributed by atoms with E-state index >= 15 is 0 Å². The average Bonchev–Trinajstić information content (AvgIpc) is 3.32. The number of rotatable bonds is 3. The first-order valence-electron chi connectivity index (χ1n) is 8.76. The van der Waals surface area contributed by atoms with Crippen molar-refractivity contribution in [1.82, 2.24) is 4.98 Å². The summed E-state index contributed by atoms with van der Waals surface area (Å²) >= 11 is 1.63. The summed E-state index contributed by atoms with van der Waals surface area (Å²) in [5, 5.41) is 14.1. The van der Waals surface area contributed by atoms with Gasteiger partial charge in [-0.05, 0) is 47.2 Å². The molecule has 0 aliphatic carbocycles. The summed E-state index contributed by atoms with van der Waals surface area (Å²) in [5.74, 6) is -0.0501. The standard InChI is InChI=1S/C21H19N3O2S/c1-13(2)21(19-4-3-9-27-19)16-10-14(17-8-6-15(11-22)23-17)5-7-18(16)24-20(25)12-26-21/h3-10,13,23H,12H2,1-2H3,(H,24,25). The number of nitriles is 1. The number of aromatic nitrogens is 1. The van der Waals surface area contributed by atoms with Crippen LogP contribution in [0, 0.1) is 17.2 Å². The van der Waals surface area contributed by atoms with E-state index < -0.39 is 5.60 Å². The lowest BCUT2D eigenvalue weighted by Gasteiger charge is -2.37. The molecular formula is C21H19N3O2S. The van der Waals surface area contributed by atoms with Crippen molar-refractivity contribution in [3.63, 3.8) is 0 Å². The Balaban J connectivity index is 1.95. The molecule has 1 aromatic carbocycles. The molecule has 3 heterocycles. The van der Waals surface area contributed by atoms with Crippen LogP contribution in [0.3, 0.4) is 0 Å². The normalized spacial score (nSPS) is 19.3. The molecule has 1 amide bonds. The fourth-order valence-electron chi connectivity index (χ4n) is 3.66. The Kier molecular flexibility index (Phi) is 4.34. The molecule has 27 heavy (non-hydrogen) atoms.